The molecule has 4 aromatic heterocycles. The maximum Gasteiger partial charge on any atom is 0.159 e. The maximum absolute atomic E-state index is 5.72. The Morgan fingerprint density at radius 1 is 1.11 bits per heavy atom. The van der Waals surface area contributed by atoms with Crippen LogP contribution in [0.25, 0.3) is 17.1 Å². The SMILES string of the molecule is Cc1nc(N2CCc3[nH]nc(-c4cc(C)oc4C)c3C2)cc(-n2cccn2)n1. The van der Waals surface area contributed by atoms with Crippen molar-refractivity contribution in [3.8, 4) is 17.1 Å². The van der Waals surface area contributed by atoms with Crippen molar-refractivity contribution in [2.24, 2.45) is 0 Å². The van der Waals surface area contributed by atoms with E-state index in [0.717, 1.165) is 59.7 Å². The number of furan rings is 1. The number of aromatic amines is 1. The maximum atomic E-state index is 5.72. The van der Waals surface area contributed by atoms with Crippen molar-refractivity contribution in [3.63, 3.8) is 0 Å². The first-order chi connectivity index (χ1) is 13.6. The molecule has 8 nitrogen and oxygen atoms in total. The van der Waals surface area contributed by atoms with Crippen molar-refractivity contribution < 1.29 is 4.42 Å². The van der Waals surface area contributed by atoms with E-state index < -0.39 is 0 Å². The summed E-state index contributed by atoms with van der Waals surface area (Å²) in [5.74, 6) is 4.18. The standard InChI is InChI=1S/C20H21N7O/c1-12-9-15(13(2)28-12)20-16-11-26(8-5-17(16)24-25-20)18-10-19(23-14(3)22-18)27-7-4-6-21-27/h4,6-7,9-10H,5,8,11H2,1-3H3,(H,24,25). The summed E-state index contributed by atoms with van der Waals surface area (Å²) >= 11 is 0. The summed E-state index contributed by atoms with van der Waals surface area (Å²) < 4.78 is 7.47. The normalized spacial score (nSPS) is 13.8. The molecule has 0 fully saturated rings. The Morgan fingerprint density at radius 2 is 1.96 bits per heavy atom. The minimum atomic E-state index is 0.725. The molecule has 0 saturated carbocycles. The van der Waals surface area contributed by atoms with Gasteiger partial charge in [0.1, 0.15) is 28.9 Å². The fourth-order valence-corrected chi connectivity index (χ4v) is 3.80. The van der Waals surface area contributed by atoms with Crippen LogP contribution in [0.5, 0.6) is 0 Å². The first kappa shape index (κ1) is 16.7. The topological polar surface area (TPSA) is 88.7 Å². The van der Waals surface area contributed by atoms with Gasteiger partial charge in [-0.3, -0.25) is 5.10 Å². The summed E-state index contributed by atoms with van der Waals surface area (Å²) in [5.41, 5.74) is 4.40. The molecule has 8 heteroatoms. The summed E-state index contributed by atoms with van der Waals surface area (Å²) in [4.78, 5) is 11.5. The monoisotopic (exact) mass is 375 g/mol. The van der Waals surface area contributed by atoms with Crippen LogP contribution in [0, 0.1) is 20.8 Å². The fraction of sp³-hybridized carbons (Fsp3) is 0.300. The van der Waals surface area contributed by atoms with Gasteiger partial charge in [0.25, 0.3) is 0 Å². The average Bonchev–Trinajstić information content (AvgIpc) is 3.40. The molecule has 0 radical (unpaired) electrons. The van der Waals surface area contributed by atoms with E-state index in [2.05, 4.69) is 36.2 Å². The van der Waals surface area contributed by atoms with Gasteiger partial charge in [0.2, 0.25) is 0 Å². The van der Waals surface area contributed by atoms with E-state index in [1.165, 1.54) is 11.3 Å². The highest BCUT2D eigenvalue weighted by molar-refractivity contribution is 5.67. The summed E-state index contributed by atoms with van der Waals surface area (Å²) in [7, 11) is 0. The van der Waals surface area contributed by atoms with Crippen LogP contribution in [0.2, 0.25) is 0 Å². The van der Waals surface area contributed by atoms with Crippen LogP contribution in [0.15, 0.2) is 35.0 Å². The van der Waals surface area contributed by atoms with Gasteiger partial charge in [-0.1, -0.05) is 0 Å². The first-order valence-electron chi connectivity index (χ1n) is 9.32. The summed E-state index contributed by atoms with van der Waals surface area (Å²) in [5, 5.41) is 12.1. The summed E-state index contributed by atoms with van der Waals surface area (Å²) in [6, 6.07) is 5.92. The largest absolute Gasteiger partial charge is 0.466 e. The zero-order chi connectivity index (χ0) is 19.3. The van der Waals surface area contributed by atoms with E-state index in [-0.39, 0.29) is 0 Å². The van der Waals surface area contributed by atoms with Gasteiger partial charge in [-0.2, -0.15) is 10.2 Å². The summed E-state index contributed by atoms with van der Waals surface area (Å²) in [6.07, 6.45) is 4.52. The number of nitrogens with zero attached hydrogens (tertiary/aromatic N) is 6. The van der Waals surface area contributed by atoms with Crippen LogP contribution >= 0.6 is 0 Å². The van der Waals surface area contributed by atoms with Gasteiger partial charge in [-0.05, 0) is 32.9 Å². The minimum Gasteiger partial charge on any atom is -0.466 e. The molecule has 0 spiro atoms. The third-order valence-electron chi connectivity index (χ3n) is 5.10. The van der Waals surface area contributed by atoms with Gasteiger partial charge in [-0.25, -0.2) is 14.6 Å². The predicted octanol–water partition coefficient (Wildman–Crippen LogP) is 3.13. The highest BCUT2D eigenvalue weighted by Crippen LogP contribution is 2.33. The summed E-state index contributed by atoms with van der Waals surface area (Å²) in [6.45, 7) is 7.45. The number of rotatable bonds is 3. The van der Waals surface area contributed by atoms with Gasteiger partial charge in [-0.15, -0.1) is 0 Å². The molecule has 0 amide bonds. The Hall–Kier alpha value is -3.42. The second-order valence-electron chi connectivity index (χ2n) is 7.11. The second-order valence-corrected chi connectivity index (χ2v) is 7.11. The van der Waals surface area contributed by atoms with Crippen LogP contribution in [0.1, 0.15) is 28.6 Å². The van der Waals surface area contributed by atoms with E-state index >= 15 is 0 Å². The van der Waals surface area contributed by atoms with E-state index in [1.807, 2.05) is 39.1 Å². The molecule has 0 saturated heterocycles. The number of anilines is 1. The molecular formula is C20H21N7O. The molecule has 1 aliphatic heterocycles. The molecule has 1 N–H and O–H groups in total. The van der Waals surface area contributed by atoms with Crippen molar-refractivity contribution in [1.29, 1.82) is 0 Å². The van der Waals surface area contributed by atoms with Gasteiger partial charge < -0.3 is 9.32 Å². The number of hydrogen-bond acceptors (Lipinski definition) is 6. The highest BCUT2D eigenvalue weighted by atomic mass is 16.3. The Morgan fingerprint density at radius 3 is 2.71 bits per heavy atom. The zero-order valence-electron chi connectivity index (χ0n) is 16.1. The first-order valence-corrected chi connectivity index (χ1v) is 9.32. The average molecular weight is 375 g/mol. The minimum absolute atomic E-state index is 0.725. The number of aromatic nitrogens is 6. The van der Waals surface area contributed by atoms with Gasteiger partial charge in [0, 0.05) is 54.8 Å². The second kappa shape index (κ2) is 6.33. The quantitative estimate of drug-likeness (QED) is 0.592. The van der Waals surface area contributed by atoms with Crippen LogP contribution in [0.3, 0.4) is 0 Å². The third-order valence-corrected chi connectivity index (χ3v) is 5.10. The van der Waals surface area contributed by atoms with E-state index in [9.17, 15) is 0 Å². The molecule has 5 rings (SSSR count). The van der Waals surface area contributed by atoms with E-state index in [4.69, 9.17) is 4.42 Å². The lowest BCUT2D eigenvalue weighted by Crippen LogP contribution is -2.31. The van der Waals surface area contributed by atoms with Gasteiger partial charge >= 0.3 is 0 Å². The lowest BCUT2D eigenvalue weighted by molar-refractivity contribution is 0.505. The van der Waals surface area contributed by atoms with Crippen LogP contribution < -0.4 is 4.90 Å². The third kappa shape index (κ3) is 2.77. The number of fused-ring (bicyclic) bond motifs is 1. The lowest BCUT2D eigenvalue weighted by atomic mass is 10.0. The van der Waals surface area contributed by atoms with Crippen molar-refractivity contribution >= 4 is 5.82 Å². The van der Waals surface area contributed by atoms with Crippen LogP contribution in [-0.2, 0) is 13.0 Å². The van der Waals surface area contributed by atoms with Gasteiger partial charge in [0.15, 0.2) is 5.82 Å². The lowest BCUT2D eigenvalue weighted by Gasteiger charge is -2.28. The number of nitrogens with one attached hydrogen (secondary N) is 1. The van der Waals surface area contributed by atoms with E-state index in [1.54, 1.807) is 10.9 Å². The molecule has 4 aromatic rings. The van der Waals surface area contributed by atoms with Crippen LogP contribution in [0.4, 0.5) is 5.82 Å². The van der Waals surface area contributed by atoms with E-state index in [0.29, 0.717) is 0 Å². The molecule has 5 heterocycles. The molecular weight excluding hydrogens is 354 g/mol. The van der Waals surface area contributed by atoms with Crippen molar-refractivity contribution in [3.05, 3.63) is 59.2 Å². The molecule has 0 unspecified atom stereocenters. The molecule has 0 aromatic carbocycles. The Kier molecular flexibility index (Phi) is 3.78. The molecule has 28 heavy (non-hydrogen) atoms. The number of aryl methyl sites for hydroxylation is 3. The Bertz CT molecular complexity index is 1140. The molecule has 0 bridgehead atoms. The van der Waals surface area contributed by atoms with Crippen molar-refractivity contribution in [2.45, 2.75) is 33.7 Å². The smallest absolute Gasteiger partial charge is 0.159 e. The highest BCUT2D eigenvalue weighted by Gasteiger charge is 2.26. The predicted molar refractivity (Wildman–Crippen MR) is 104 cm³/mol. The Labute approximate surface area is 162 Å². The van der Waals surface area contributed by atoms with Crippen molar-refractivity contribution in [1.82, 2.24) is 29.9 Å². The zero-order valence-corrected chi connectivity index (χ0v) is 16.1. The molecule has 1 aliphatic rings. The van der Waals surface area contributed by atoms with Gasteiger partial charge in [0.05, 0.1) is 0 Å². The molecule has 0 atom stereocenters. The fourth-order valence-electron chi connectivity index (χ4n) is 3.80. The Balaban J connectivity index is 1.51. The molecule has 142 valence electrons. The van der Waals surface area contributed by atoms with Crippen LogP contribution in [-0.4, -0.2) is 36.5 Å². The number of H-pyrrole nitrogens is 1. The van der Waals surface area contributed by atoms with Crippen molar-refractivity contribution in [2.75, 3.05) is 11.4 Å². The number of hydrogen-bond donors (Lipinski definition) is 1. The molecule has 0 aliphatic carbocycles.